The summed E-state index contributed by atoms with van der Waals surface area (Å²) < 4.78 is 5.17. The Hall–Kier alpha value is -1.23. The molecule has 0 bridgehead atoms. The Labute approximate surface area is 99.6 Å². The summed E-state index contributed by atoms with van der Waals surface area (Å²) in [6, 6.07) is 3.54. The van der Waals surface area contributed by atoms with Crippen LogP contribution < -0.4 is 5.73 Å². The quantitative estimate of drug-likeness (QED) is 0.647. The van der Waals surface area contributed by atoms with Gasteiger partial charge in [0.1, 0.15) is 5.60 Å². The zero-order chi connectivity index (χ0) is 12.2. The number of thioether (sulfide) groups is 1. The number of pyridine rings is 1. The van der Waals surface area contributed by atoms with Gasteiger partial charge in [-0.3, -0.25) is 4.79 Å². The second-order valence-electron chi connectivity index (χ2n) is 4.30. The molecule has 0 aliphatic carbocycles. The lowest BCUT2D eigenvalue weighted by Crippen LogP contribution is -2.24. The molecule has 0 aromatic carbocycles. The number of nitrogens with two attached hydrogens (primary N) is 1. The van der Waals surface area contributed by atoms with Gasteiger partial charge in [0, 0.05) is 0 Å². The molecule has 2 N–H and O–H groups in total. The molecule has 16 heavy (non-hydrogen) atoms. The van der Waals surface area contributed by atoms with Crippen molar-refractivity contribution in [2.45, 2.75) is 31.4 Å². The number of carbonyl (C=O) groups excluding carboxylic acids is 1. The number of aromatic nitrogens is 1. The van der Waals surface area contributed by atoms with Gasteiger partial charge in [-0.05, 0) is 32.9 Å². The Bertz CT molecular complexity index is 357. The first-order valence-corrected chi connectivity index (χ1v) is 5.91. The van der Waals surface area contributed by atoms with E-state index in [1.54, 1.807) is 18.3 Å². The topological polar surface area (TPSA) is 65.2 Å². The molecule has 0 spiro atoms. The largest absolute Gasteiger partial charge is 0.459 e. The molecule has 0 amide bonds. The van der Waals surface area contributed by atoms with Gasteiger partial charge in [0.2, 0.25) is 0 Å². The molecule has 5 heteroatoms. The van der Waals surface area contributed by atoms with Crippen molar-refractivity contribution >= 4 is 23.4 Å². The number of ether oxygens (including phenoxy) is 1. The molecular weight excluding hydrogens is 224 g/mol. The van der Waals surface area contributed by atoms with E-state index in [4.69, 9.17) is 10.5 Å². The summed E-state index contributed by atoms with van der Waals surface area (Å²) >= 11 is 1.34. The highest BCUT2D eigenvalue weighted by atomic mass is 32.2. The van der Waals surface area contributed by atoms with Crippen LogP contribution in [-0.2, 0) is 9.53 Å². The van der Waals surface area contributed by atoms with E-state index in [-0.39, 0.29) is 11.7 Å². The SMILES string of the molecule is CC(C)(C)OC(=O)CSc1ccc(N)cn1. The summed E-state index contributed by atoms with van der Waals surface area (Å²) in [4.78, 5) is 15.5. The Morgan fingerprint density at radius 3 is 2.69 bits per heavy atom. The molecule has 0 saturated carbocycles. The molecule has 4 nitrogen and oxygen atoms in total. The summed E-state index contributed by atoms with van der Waals surface area (Å²) in [6.07, 6.45) is 1.57. The third kappa shape index (κ3) is 5.02. The minimum absolute atomic E-state index is 0.240. The first-order valence-electron chi connectivity index (χ1n) is 4.93. The summed E-state index contributed by atoms with van der Waals surface area (Å²) in [6.45, 7) is 5.53. The molecule has 0 radical (unpaired) electrons. The van der Waals surface area contributed by atoms with Gasteiger partial charge >= 0.3 is 5.97 Å². The second-order valence-corrected chi connectivity index (χ2v) is 5.30. The number of nitrogens with zero attached hydrogens (tertiary/aromatic N) is 1. The van der Waals surface area contributed by atoms with Crippen molar-refractivity contribution in [1.29, 1.82) is 0 Å². The predicted molar refractivity (Wildman–Crippen MR) is 65.2 cm³/mol. The molecule has 0 unspecified atom stereocenters. The zero-order valence-electron chi connectivity index (χ0n) is 9.69. The first-order chi connectivity index (χ1) is 7.37. The van der Waals surface area contributed by atoms with Crippen molar-refractivity contribution in [2.24, 2.45) is 0 Å². The minimum Gasteiger partial charge on any atom is -0.459 e. The van der Waals surface area contributed by atoms with Crippen LogP contribution in [0.2, 0.25) is 0 Å². The lowest BCUT2D eigenvalue weighted by Gasteiger charge is -2.19. The van der Waals surface area contributed by atoms with Crippen LogP contribution >= 0.6 is 11.8 Å². The number of esters is 1. The van der Waals surface area contributed by atoms with Crippen molar-refractivity contribution in [3.8, 4) is 0 Å². The monoisotopic (exact) mass is 240 g/mol. The fourth-order valence-corrected chi connectivity index (χ4v) is 1.60. The van der Waals surface area contributed by atoms with Crippen LogP contribution in [0.5, 0.6) is 0 Å². The number of anilines is 1. The molecule has 0 atom stereocenters. The van der Waals surface area contributed by atoms with Crippen molar-refractivity contribution in [2.75, 3.05) is 11.5 Å². The lowest BCUT2D eigenvalue weighted by molar-refractivity contribution is -0.151. The van der Waals surface area contributed by atoms with Gasteiger partial charge < -0.3 is 10.5 Å². The van der Waals surface area contributed by atoms with Gasteiger partial charge in [-0.15, -0.1) is 0 Å². The number of nitrogen functional groups attached to an aromatic ring is 1. The molecule has 0 aliphatic heterocycles. The molecule has 1 aromatic heterocycles. The molecule has 88 valence electrons. The normalized spacial score (nSPS) is 11.2. The summed E-state index contributed by atoms with van der Waals surface area (Å²) in [7, 11) is 0. The molecule has 0 saturated heterocycles. The Morgan fingerprint density at radius 1 is 1.50 bits per heavy atom. The molecule has 0 fully saturated rings. The van der Waals surface area contributed by atoms with Gasteiger partial charge in [-0.25, -0.2) is 4.98 Å². The lowest BCUT2D eigenvalue weighted by atomic mass is 10.2. The van der Waals surface area contributed by atoms with Gasteiger partial charge in [-0.1, -0.05) is 11.8 Å². The van der Waals surface area contributed by atoms with E-state index in [1.807, 2.05) is 20.8 Å². The third-order valence-corrected chi connectivity index (χ3v) is 2.43. The summed E-state index contributed by atoms with van der Waals surface area (Å²) in [5.41, 5.74) is 5.68. The van der Waals surface area contributed by atoms with Crippen LogP contribution in [0.15, 0.2) is 23.4 Å². The average Bonchev–Trinajstić information content (AvgIpc) is 2.14. The Morgan fingerprint density at radius 2 is 2.19 bits per heavy atom. The highest BCUT2D eigenvalue weighted by molar-refractivity contribution is 7.99. The second kappa shape index (κ2) is 5.21. The highest BCUT2D eigenvalue weighted by Gasteiger charge is 2.16. The van der Waals surface area contributed by atoms with Gasteiger partial charge in [0.05, 0.1) is 22.7 Å². The van der Waals surface area contributed by atoms with Crippen LogP contribution in [0.4, 0.5) is 5.69 Å². The molecule has 1 rings (SSSR count). The van der Waals surface area contributed by atoms with E-state index < -0.39 is 5.60 Å². The van der Waals surface area contributed by atoms with Crippen molar-refractivity contribution < 1.29 is 9.53 Å². The van der Waals surface area contributed by atoms with E-state index >= 15 is 0 Å². The van der Waals surface area contributed by atoms with Crippen LogP contribution in [0.1, 0.15) is 20.8 Å². The Kier molecular flexibility index (Phi) is 4.18. The standard InChI is InChI=1S/C11H16N2O2S/c1-11(2,3)15-10(14)7-16-9-5-4-8(12)6-13-9/h4-6H,7,12H2,1-3H3. The van der Waals surface area contributed by atoms with Gasteiger partial charge in [0.25, 0.3) is 0 Å². The van der Waals surface area contributed by atoms with E-state index in [0.29, 0.717) is 5.69 Å². The van der Waals surface area contributed by atoms with Crippen molar-refractivity contribution in [3.05, 3.63) is 18.3 Å². The predicted octanol–water partition coefficient (Wildman–Crippen LogP) is 2.10. The number of hydrogen-bond acceptors (Lipinski definition) is 5. The average molecular weight is 240 g/mol. The third-order valence-electron chi connectivity index (χ3n) is 1.52. The molecule has 1 aromatic rings. The number of rotatable bonds is 3. The molecular formula is C11H16N2O2S. The van der Waals surface area contributed by atoms with Gasteiger partial charge in [0.15, 0.2) is 0 Å². The Balaban J connectivity index is 2.40. The molecule has 1 heterocycles. The maximum absolute atomic E-state index is 11.4. The van der Waals surface area contributed by atoms with E-state index in [9.17, 15) is 4.79 Å². The maximum Gasteiger partial charge on any atom is 0.316 e. The van der Waals surface area contributed by atoms with Crippen molar-refractivity contribution in [1.82, 2.24) is 4.98 Å². The fraction of sp³-hybridized carbons (Fsp3) is 0.455. The van der Waals surface area contributed by atoms with E-state index in [0.717, 1.165) is 5.03 Å². The summed E-state index contributed by atoms with van der Waals surface area (Å²) in [5.74, 6) is 0.0184. The smallest absolute Gasteiger partial charge is 0.316 e. The fourth-order valence-electron chi connectivity index (χ4n) is 0.981. The first kappa shape index (κ1) is 12.8. The van der Waals surface area contributed by atoms with Crippen LogP contribution in [0.25, 0.3) is 0 Å². The number of carbonyl (C=O) groups is 1. The van der Waals surface area contributed by atoms with Gasteiger partial charge in [-0.2, -0.15) is 0 Å². The molecule has 0 aliphatic rings. The van der Waals surface area contributed by atoms with Crippen LogP contribution in [0, 0.1) is 0 Å². The zero-order valence-corrected chi connectivity index (χ0v) is 10.5. The highest BCUT2D eigenvalue weighted by Crippen LogP contribution is 2.17. The number of hydrogen-bond donors (Lipinski definition) is 1. The van der Waals surface area contributed by atoms with Crippen LogP contribution in [0.3, 0.4) is 0 Å². The van der Waals surface area contributed by atoms with Crippen LogP contribution in [-0.4, -0.2) is 22.3 Å². The van der Waals surface area contributed by atoms with Crippen molar-refractivity contribution in [3.63, 3.8) is 0 Å². The maximum atomic E-state index is 11.4. The van der Waals surface area contributed by atoms with E-state index in [2.05, 4.69) is 4.98 Å². The summed E-state index contributed by atoms with van der Waals surface area (Å²) in [5, 5.41) is 0.764. The minimum atomic E-state index is -0.438. The van der Waals surface area contributed by atoms with E-state index in [1.165, 1.54) is 11.8 Å².